The summed E-state index contributed by atoms with van der Waals surface area (Å²) in [6.45, 7) is 0.340. The van der Waals surface area contributed by atoms with E-state index in [2.05, 4.69) is 55.5 Å². The lowest BCUT2D eigenvalue weighted by Crippen LogP contribution is -2.35. The lowest BCUT2D eigenvalue weighted by Gasteiger charge is -2.16. The molecule has 16 nitrogen and oxygen atoms in total. The number of amides is 4. The van der Waals surface area contributed by atoms with E-state index in [0.717, 1.165) is 30.5 Å². The Bertz CT molecular complexity index is 4070. The van der Waals surface area contributed by atoms with Crippen LogP contribution in [-0.4, -0.2) is 52.9 Å². The van der Waals surface area contributed by atoms with Crippen molar-refractivity contribution in [3.8, 4) is 46.0 Å². The number of phenols is 1. The number of aromatic nitrogens is 2. The van der Waals surface area contributed by atoms with E-state index in [1.807, 2.05) is 30.3 Å². The number of rotatable bonds is 17. The van der Waals surface area contributed by atoms with Gasteiger partial charge < -0.3 is 50.1 Å². The summed E-state index contributed by atoms with van der Waals surface area (Å²) in [5.41, 5.74) is 0.492. The number of nitrogens with zero attached hydrogens (tertiary/aromatic N) is 2. The van der Waals surface area contributed by atoms with Crippen LogP contribution in [0.5, 0.6) is 46.0 Å². The fraction of sp³-hybridized carbons (Fsp3) is 0.164. The third-order valence-electron chi connectivity index (χ3n) is 14.4. The number of nitrogens with one attached hydrogen (secondary N) is 4. The second-order valence-electron chi connectivity index (χ2n) is 20.4. The summed E-state index contributed by atoms with van der Waals surface area (Å²) < 4.78 is 84.8. The summed E-state index contributed by atoms with van der Waals surface area (Å²) in [5.74, 6) is -2.95. The highest BCUT2D eigenvalue weighted by Crippen LogP contribution is 2.49. The number of fused-ring (bicyclic) bond motifs is 2. The first-order valence-corrected chi connectivity index (χ1v) is 27.4. The van der Waals surface area contributed by atoms with Crippen LogP contribution in [-0.2, 0) is 25.8 Å². The average molecular weight is 1180 g/mol. The quantitative estimate of drug-likeness (QED) is 0.0328. The van der Waals surface area contributed by atoms with Gasteiger partial charge in [-0.05, 0) is 141 Å². The molecule has 0 aliphatic heterocycles. The van der Waals surface area contributed by atoms with Gasteiger partial charge in [-0.2, -0.15) is 0 Å². The molecule has 442 valence electrons. The molecule has 0 bridgehead atoms. The number of halogens is 4. The monoisotopic (exact) mass is 1180 g/mol. The Morgan fingerprint density at radius 1 is 0.460 bits per heavy atom. The van der Waals surface area contributed by atoms with Crippen molar-refractivity contribution in [1.29, 1.82) is 0 Å². The van der Waals surface area contributed by atoms with Gasteiger partial charge in [-0.25, -0.2) is 17.6 Å². The van der Waals surface area contributed by atoms with Crippen LogP contribution in [0, 0.1) is 34.1 Å². The molecule has 0 saturated heterocycles. The number of ether oxygens (including phenoxy) is 5. The molecule has 0 spiro atoms. The van der Waals surface area contributed by atoms with Crippen LogP contribution < -0.4 is 45.0 Å². The highest BCUT2D eigenvalue weighted by Gasteiger charge is 2.57. The van der Waals surface area contributed by atoms with Gasteiger partial charge in [0.15, 0.2) is 46.1 Å². The summed E-state index contributed by atoms with van der Waals surface area (Å²) in [6.07, 6.45) is 15.4. The van der Waals surface area contributed by atoms with Crippen molar-refractivity contribution in [3.05, 3.63) is 217 Å². The fourth-order valence-electron chi connectivity index (χ4n) is 9.15. The normalized spacial score (nSPS) is 13.7. The number of aromatic hydroxyl groups is 1. The summed E-state index contributed by atoms with van der Waals surface area (Å²) in [4.78, 5) is 60.0. The molecule has 2 aromatic heterocycles. The molecule has 2 heterocycles. The highest BCUT2D eigenvalue weighted by molar-refractivity contribution is 6.18. The molecule has 87 heavy (non-hydrogen) atoms. The third-order valence-corrected chi connectivity index (χ3v) is 14.4. The summed E-state index contributed by atoms with van der Waals surface area (Å²) in [6, 6.07) is 37.7. The number of hydrogen-bond donors (Lipinski definition) is 5. The summed E-state index contributed by atoms with van der Waals surface area (Å²) >= 11 is 0. The molecule has 0 radical (unpaired) electrons. The number of allylic oxidation sites excluding steroid dienone is 4. The lowest BCUT2D eigenvalue weighted by atomic mass is 10.0. The number of carbonyl (C=O) groups excluding carboxylic acids is 4. The van der Waals surface area contributed by atoms with Crippen molar-refractivity contribution in [2.45, 2.75) is 45.1 Å². The first-order chi connectivity index (χ1) is 42.1. The zero-order valence-electron chi connectivity index (χ0n) is 46.9. The molecule has 7 aromatic carbocycles. The SMILES string of the molecule is C1=CCC=CC1.COc1cc2c(Oc3ccc(NC(=O)C4(C(=O)Nc5ccc(F)cc5)CC4)cc3F)ccnc2cc1O.COc1cc2c(Oc3ccc(NC(=O)C4(C(=O)Nc5ccc(F)cc5)CC4)cc3F)ccnc2cc1OCc1ccccc1. The Morgan fingerprint density at radius 3 is 1.29 bits per heavy atom. The Kier molecular flexibility index (Phi) is 18.1. The number of anilines is 4. The zero-order chi connectivity index (χ0) is 61.1. The Morgan fingerprint density at radius 2 is 0.874 bits per heavy atom. The first kappa shape index (κ1) is 59.4. The van der Waals surface area contributed by atoms with Gasteiger partial charge in [0, 0.05) is 70.2 Å². The molecule has 3 aliphatic rings. The minimum absolute atomic E-state index is 0.0749. The molecule has 0 atom stereocenters. The number of pyridine rings is 2. The first-order valence-electron chi connectivity index (χ1n) is 27.4. The lowest BCUT2D eigenvalue weighted by molar-refractivity contribution is -0.132. The molecule has 2 saturated carbocycles. The maximum Gasteiger partial charge on any atom is 0.240 e. The van der Waals surface area contributed by atoms with Gasteiger partial charge in [0.25, 0.3) is 0 Å². The van der Waals surface area contributed by atoms with Crippen molar-refractivity contribution in [2.24, 2.45) is 10.8 Å². The van der Waals surface area contributed by atoms with Crippen LogP contribution in [0.25, 0.3) is 21.8 Å². The second-order valence-corrected chi connectivity index (χ2v) is 20.4. The highest BCUT2D eigenvalue weighted by atomic mass is 19.1. The predicted molar refractivity (Wildman–Crippen MR) is 320 cm³/mol. The largest absolute Gasteiger partial charge is 0.504 e. The molecule has 12 rings (SSSR count). The molecule has 5 N–H and O–H groups in total. The Labute approximate surface area is 496 Å². The van der Waals surface area contributed by atoms with Crippen LogP contribution in [0.15, 0.2) is 188 Å². The standard InChI is InChI=1S/C34H27F2N3O5.C27H21F2N3O5.C6H8/c1-42-30-18-25-27(19-31(30)43-20-21-5-3-2-4-6-21)37-16-13-28(25)44-29-12-11-24(17-26(29)36)39-33(41)34(14-15-34)32(40)38-23-9-7-22(35)8-10-23;1-36-24-13-18-20(14-21(24)33)30-11-8-22(18)37-23-7-6-17(12-19(23)29)32-26(35)27(9-10-27)25(34)31-16-4-2-15(28)3-5-16;1-2-4-6-5-3-1/h2-13,16-19H,14-15,20H2,1H3,(H,38,40)(H,39,41);2-8,11-14,33H,9-10H2,1H3,(H,31,34)(H,32,35);1-2,5-6H,3-4H2. The van der Waals surface area contributed by atoms with E-state index in [1.165, 1.54) is 105 Å². The number of hydrogen-bond acceptors (Lipinski definition) is 12. The van der Waals surface area contributed by atoms with Gasteiger partial charge >= 0.3 is 0 Å². The maximum absolute atomic E-state index is 15.2. The van der Waals surface area contributed by atoms with Gasteiger partial charge in [-0.1, -0.05) is 54.6 Å². The van der Waals surface area contributed by atoms with Gasteiger partial charge in [-0.3, -0.25) is 29.1 Å². The molecule has 9 aromatic rings. The van der Waals surface area contributed by atoms with E-state index in [1.54, 1.807) is 30.5 Å². The Hall–Kier alpha value is -10.8. The van der Waals surface area contributed by atoms with Gasteiger partial charge in [0.2, 0.25) is 23.6 Å². The van der Waals surface area contributed by atoms with Crippen LogP contribution in [0.4, 0.5) is 40.3 Å². The van der Waals surface area contributed by atoms with E-state index in [4.69, 9.17) is 23.7 Å². The van der Waals surface area contributed by atoms with Gasteiger partial charge in [0.1, 0.15) is 40.6 Å². The second kappa shape index (κ2) is 26.4. The summed E-state index contributed by atoms with van der Waals surface area (Å²) in [7, 11) is 2.93. The number of carbonyl (C=O) groups is 4. The van der Waals surface area contributed by atoms with E-state index in [0.29, 0.717) is 82.7 Å². The van der Waals surface area contributed by atoms with Crippen LogP contribution >= 0.6 is 0 Å². The number of benzene rings is 7. The topological polar surface area (TPSA) is 209 Å². The van der Waals surface area contributed by atoms with E-state index >= 15 is 4.39 Å². The zero-order valence-corrected chi connectivity index (χ0v) is 46.9. The smallest absolute Gasteiger partial charge is 0.240 e. The number of phenolic OH excluding ortho intramolecular Hbond substituents is 1. The van der Waals surface area contributed by atoms with Crippen LogP contribution in [0.1, 0.15) is 44.1 Å². The maximum atomic E-state index is 15.2. The molecule has 0 unspecified atom stereocenters. The van der Waals surface area contributed by atoms with Gasteiger partial charge in [0.05, 0.1) is 25.3 Å². The average Bonchev–Trinajstić information content (AvgIpc) is 1.88. The van der Waals surface area contributed by atoms with E-state index in [9.17, 15) is 37.5 Å². The van der Waals surface area contributed by atoms with Crippen LogP contribution in [0.2, 0.25) is 0 Å². The molecular formula is C67H56F4N6O10. The minimum atomic E-state index is -1.28. The third kappa shape index (κ3) is 14.3. The number of methoxy groups -OCH3 is 2. The molecule has 20 heteroatoms. The predicted octanol–water partition coefficient (Wildman–Crippen LogP) is 14.5. The van der Waals surface area contributed by atoms with Crippen molar-refractivity contribution < 1.29 is 65.5 Å². The molecular weight excluding hydrogens is 1120 g/mol. The van der Waals surface area contributed by atoms with E-state index < -0.39 is 57.7 Å². The fourth-order valence-corrected chi connectivity index (χ4v) is 9.15. The molecule has 2 fully saturated rings. The minimum Gasteiger partial charge on any atom is -0.504 e. The van der Waals surface area contributed by atoms with Crippen molar-refractivity contribution in [3.63, 3.8) is 0 Å². The van der Waals surface area contributed by atoms with Crippen LogP contribution in [0.3, 0.4) is 0 Å². The van der Waals surface area contributed by atoms with Crippen molar-refractivity contribution in [2.75, 3.05) is 35.5 Å². The summed E-state index contributed by atoms with van der Waals surface area (Å²) in [5, 5.41) is 21.5. The van der Waals surface area contributed by atoms with E-state index in [-0.39, 0.29) is 40.1 Å². The Balaban J connectivity index is 0.000000177. The molecule has 4 amide bonds. The van der Waals surface area contributed by atoms with Crippen molar-refractivity contribution >= 4 is 68.2 Å². The molecule has 3 aliphatic carbocycles. The van der Waals surface area contributed by atoms with Crippen molar-refractivity contribution in [1.82, 2.24) is 9.97 Å². The van der Waals surface area contributed by atoms with Gasteiger partial charge in [-0.15, -0.1) is 0 Å².